The highest BCUT2D eigenvalue weighted by molar-refractivity contribution is 7.14. The summed E-state index contributed by atoms with van der Waals surface area (Å²) < 4.78 is 4.89. The molecule has 4 nitrogen and oxygen atoms in total. The lowest BCUT2D eigenvalue weighted by Crippen LogP contribution is -2.19. The molecule has 1 aromatic heterocycles. The molecule has 0 radical (unpaired) electrons. The first-order valence-electron chi connectivity index (χ1n) is 3.27. The van der Waals surface area contributed by atoms with Crippen molar-refractivity contribution in [3.63, 3.8) is 0 Å². The number of thiophene rings is 1. The lowest BCUT2D eigenvalue weighted by Gasteiger charge is -2.00. The van der Waals surface area contributed by atoms with E-state index in [0.29, 0.717) is 9.94 Å². The molecule has 0 amide bonds. The van der Waals surface area contributed by atoms with Crippen LogP contribution in [0.15, 0.2) is 12.1 Å². The summed E-state index contributed by atoms with van der Waals surface area (Å²) in [5.74, 6) is -1.03. The molecule has 1 heterocycles. The highest BCUT2D eigenvalue weighted by atomic mass is 32.1. The molecule has 1 atom stereocenters. The fourth-order valence-corrected chi connectivity index (χ4v) is 1.55. The Morgan fingerprint density at radius 1 is 1.75 bits per heavy atom. The molecule has 5 heteroatoms. The van der Waals surface area contributed by atoms with Crippen molar-refractivity contribution in [2.75, 3.05) is 7.11 Å². The van der Waals surface area contributed by atoms with E-state index in [0.717, 1.165) is 0 Å². The van der Waals surface area contributed by atoms with Crippen molar-refractivity contribution in [3.8, 4) is 5.06 Å². The fourth-order valence-electron chi connectivity index (χ4n) is 0.733. The normalized spacial score (nSPS) is 12.5. The van der Waals surface area contributed by atoms with Crippen LogP contribution in [0, 0.1) is 0 Å². The summed E-state index contributed by atoms with van der Waals surface area (Å²) in [5, 5.41) is 9.23. The number of nitrogens with two attached hydrogens (primary N) is 1. The van der Waals surface area contributed by atoms with Gasteiger partial charge in [0.05, 0.1) is 7.11 Å². The zero-order valence-corrected chi connectivity index (χ0v) is 7.30. The third-order valence-corrected chi connectivity index (χ3v) is 2.51. The average Bonchev–Trinajstić information content (AvgIpc) is 2.50. The number of aliphatic carboxylic acids is 1. The number of ether oxygens (including phenoxy) is 1. The predicted molar refractivity (Wildman–Crippen MR) is 45.4 cm³/mol. The third kappa shape index (κ3) is 1.75. The summed E-state index contributed by atoms with van der Waals surface area (Å²) in [4.78, 5) is 11.0. The van der Waals surface area contributed by atoms with E-state index in [-0.39, 0.29) is 0 Å². The van der Waals surface area contributed by atoms with Crippen LogP contribution in [0.4, 0.5) is 0 Å². The second-order valence-corrected chi connectivity index (χ2v) is 3.25. The quantitative estimate of drug-likeness (QED) is 0.735. The van der Waals surface area contributed by atoms with E-state index < -0.39 is 12.0 Å². The molecule has 0 spiro atoms. The summed E-state index contributed by atoms with van der Waals surface area (Å²) in [6.45, 7) is 0. The van der Waals surface area contributed by atoms with Gasteiger partial charge >= 0.3 is 5.97 Å². The fraction of sp³-hybridized carbons (Fsp3) is 0.286. The van der Waals surface area contributed by atoms with Crippen LogP contribution in [-0.2, 0) is 4.79 Å². The highest BCUT2D eigenvalue weighted by Gasteiger charge is 2.16. The minimum atomic E-state index is -1.03. The SMILES string of the molecule is COc1ccc(C(N)C(=O)O)s1. The Morgan fingerprint density at radius 3 is 2.83 bits per heavy atom. The first-order chi connectivity index (χ1) is 5.65. The molecular formula is C7H9NO3S. The van der Waals surface area contributed by atoms with Crippen LogP contribution in [0.2, 0.25) is 0 Å². The Morgan fingerprint density at radius 2 is 2.42 bits per heavy atom. The maximum absolute atomic E-state index is 10.4. The first-order valence-corrected chi connectivity index (χ1v) is 4.09. The van der Waals surface area contributed by atoms with E-state index in [1.165, 1.54) is 18.4 Å². The van der Waals surface area contributed by atoms with E-state index >= 15 is 0 Å². The van der Waals surface area contributed by atoms with Crippen LogP contribution < -0.4 is 10.5 Å². The van der Waals surface area contributed by atoms with Gasteiger partial charge < -0.3 is 15.6 Å². The molecule has 0 aliphatic heterocycles. The molecule has 0 aromatic carbocycles. The summed E-state index contributed by atoms with van der Waals surface area (Å²) in [7, 11) is 1.53. The van der Waals surface area contributed by atoms with Crippen LogP contribution in [0.1, 0.15) is 10.9 Å². The van der Waals surface area contributed by atoms with E-state index in [2.05, 4.69) is 0 Å². The zero-order valence-electron chi connectivity index (χ0n) is 6.48. The summed E-state index contributed by atoms with van der Waals surface area (Å²) >= 11 is 1.24. The molecule has 12 heavy (non-hydrogen) atoms. The smallest absolute Gasteiger partial charge is 0.325 e. The van der Waals surface area contributed by atoms with Gasteiger partial charge in [-0.05, 0) is 12.1 Å². The zero-order chi connectivity index (χ0) is 9.14. The maximum Gasteiger partial charge on any atom is 0.325 e. The van der Waals surface area contributed by atoms with Crippen molar-refractivity contribution in [3.05, 3.63) is 17.0 Å². The number of carboxylic acids is 1. The standard InChI is InChI=1S/C7H9NO3S/c1-11-5-3-2-4(12-5)6(8)7(9)10/h2-3,6H,8H2,1H3,(H,9,10). The molecule has 0 saturated heterocycles. The minimum absolute atomic E-state index is 0.597. The van der Waals surface area contributed by atoms with Gasteiger partial charge in [0.15, 0.2) is 5.06 Å². The average molecular weight is 187 g/mol. The molecule has 0 aliphatic carbocycles. The topological polar surface area (TPSA) is 72.5 Å². The maximum atomic E-state index is 10.4. The minimum Gasteiger partial charge on any atom is -0.487 e. The van der Waals surface area contributed by atoms with Gasteiger partial charge in [-0.1, -0.05) is 0 Å². The van der Waals surface area contributed by atoms with Crippen molar-refractivity contribution in [2.24, 2.45) is 5.73 Å². The van der Waals surface area contributed by atoms with Crippen LogP contribution in [-0.4, -0.2) is 18.2 Å². The number of carboxylic acid groups (broad SMARTS) is 1. The Balaban J connectivity index is 2.81. The molecular weight excluding hydrogens is 178 g/mol. The van der Waals surface area contributed by atoms with Crippen molar-refractivity contribution >= 4 is 17.3 Å². The number of rotatable bonds is 3. The van der Waals surface area contributed by atoms with Gasteiger partial charge in [0.25, 0.3) is 0 Å². The predicted octanol–water partition coefficient (Wildman–Crippen LogP) is 0.841. The second-order valence-electron chi connectivity index (χ2n) is 2.18. The molecule has 0 bridgehead atoms. The van der Waals surface area contributed by atoms with Gasteiger partial charge in [0.2, 0.25) is 0 Å². The number of methoxy groups -OCH3 is 1. The van der Waals surface area contributed by atoms with Crippen LogP contribution in [0.3, 0.4) is 0 Å². The number of hydrogen-bond donors (Lipinski definition) is 2. The van der Waals surface area contributed by atoms with Crippen molar-refractivity contribution in [1.29, 1.82) is 0 Å². The molecule has 0 saturated carbocycles. The van der Waals surface area contributed by atoms with Gasteiger partial charge in [0, 0.05) is 4.88 Å². The second kappa shape index (κ2) is 3.55. The molecule has 1 rings (SSSR count). The van der Waals surface area contributed by atoms with Gasteiger partial charge in [-0.15, -0.1) is 11.3 Å². The molecule has 3 N–H and O–H groups in total. The van der Waals surface area contributed by atoms with Gasteiger partial charge in [0.1, 0.15) is 6.04 Å². The largest absolute Gasteiger partial charge is 0.487 e. The summed E-state index contributed by atoms with van der Waals surface area (Å²) in [6, 6.07) is 2.41. The Bertz CT molecular complexity index is 284. The molecule has 0 aliphatic rings. The highest BCUT2D eigenvalue weighted by Crippen LogP contribution is 2.27. The van der Waals surface area contributed by atoms with Crippen LogP contribution in [0.25, 0.3) is 0 Å². The molecule has 0 fully saturated rings. The van der Waals surface area contributed by atoms with Crippen LogP contribution >= 0.6 is 11.3 Å². The van der Waals surface area contributed by atoms with Crippen LogP contribution in [0.5, 0.6) is 5.06 Å². The van der Waals surface area contributed by atoms with Crippen molar-refractivity contribution in [1.82, 2.24) is 0 Å². The van der Waals surface area contributed by atoms with Gasteiger partial charge in [-0.25, -0.2) is 0 Å². The lowest BCUT2D eigenvalue weighted by molar-refractivity contribution is -0.138. The Labute approximate surface area is 73.6 Å². The lowest BCUT2D eigenvalue weighted by atomic mass is 10.3. The monoisotopic (exact) mass is 187 g/mol. The summed E-state index contributed by atoms with van der Waals surface area (Å²) in [5.41, 5.74) is 5.36. The van der Waals surface area contributed by atoms with Crippen molar-refractivity contribution in [2.45, 2.75) is 6.04 Å². The number of carbonyl (C=O) groups is 1. The number of hydrogen-bond acceptors (Lipinski definition) is 4. The van der Waals surface area contributed by atoms with E-state index in [4.69, 9.17) is 15.6 Å². The first kappa shape index (κ1) is 9.02. The Hall–Kier alpha value is -1.07. The summed E-state index contributed by atoms with van der Waals surface area (Å²) in [6.07, 6.45) is 0. The van der Waals surface area contributed by atoms with Gasteiger partial charge in [-0.3, -0.25) is 4.79 Å². The molecule has 1 unspecified atom stereocenters. The van der Waals surface area contributed by atoms with Crippen molar-refractivity contribution < 1.29 is 14.6 Å². The van der Waals surface area contributed by atoms with Gasteiger partial charge in [-0.2, -0.15) is 0 Å². The van der Waals surface area contributed by atoms with E-state index in [1.54, 1.807) is 12.1 Å². The van der Waals surface area contributed by atoms with E-state index in [1.807, 2.05) is 0 Å². The van der Waals surface area contributed by atoms with E-state index in [9.17, 15) is 4.79 Å². The Kier molecular flexibility index (Phi) is 2.67. The third-order valence-electron chi connectivity index (χ3n) is 1.38. The molecule has 66 valence electrons. The molecule has 1 aromatic rings.